The van der Waals surface area contributed by atoms with Crippen molar-refractivity contribution >= 4 is 21.6 Å². The van der Waals surface area contributed by atoms with Crippen LogP contribution >= 0.6 is 11.3 Å². The number of hydrogen-bond donors (Lipinski definition) is 1. The maximum Gasteiger partial charge on any atom is 0.120 e. The molecule has 0 aliphatic heterocycles. The van der Waals surface area contributed by atoms with Gasteiger partial charge in [0.1, 0.15) is 10.8 Å². The van der Waals surface area contributed by atoms with E-state index in [0.29, 0.717) is 6.61 Å². The van der Waals surface area contributed by atoms with E-state index in [4.69, 9.17) is 4.74 Å². The topological polar surface area (TPSA) is 34.1 Å². The quantitative estimate of drug-likeness (QED) is 0.868. The Hall–Kier alpha value is -1.13. The molecule has 0 atom stereocenters. The predicted molar refractivity (Wildman–Crippen MR) is 75.2 cm³/mol. The summed E-state index contributed by atoms with van der Waals surface area (Å²) in [5.41, 5.74) is 1.08. The fraction of sp³-hybridized carbons (Fsp3) is 0.500. The molecule has 1 saturated carbocycles. The Morgan fingerprint density at radius 2 is 2.33 bits per heavy atom. The summed E-state index contributed by atoms with van der Waals surface area (Å²) < 4.78 is 6.72. The van der Waals surface area contributed by atoms with E-state index >= 15 is 0 Å². The number of nitrogens with one attached hydrogen (secondary N) is 1. The normalized spacial score (nSPS) is 15.2. The van der Waals surface area contributed by atoms with Gasteiger partial charge in [0, 0.05) is 6.54 Å². The van der Waals surface area contributed by atoms with E-state index in [1.807, 2.05) is 19.1 Å². The van der Waals surface area contributed by atoms with Crippen LogP contribution in [0.2, 0.25) is 0 Å². The number of fused-ring (bicyclic) bond motifs is 1. The summed E-state index contributed by atoms with van der Waals surface area (Å²) in [5, 5.41) is 4.65. The van der Waals surface area contributed by atoms with Gasteiger partial charge in [0.2, 0.25) is 0 Å². The van der Waals surface area contributed by atoms with Gasteiger partial charge in [0.15, 0.2) is 0 Å². The molecule has 1 aromatic carbocycles. The molecule has 3 rings (SSSR count). The molecule has 0 bridgehead atoms. The van der Waals surface area contributed by atoms with Gasteiger partial charge in [-0.3, -0.25) is 0 Å². The van der Waals surface area contributed by atoms with E-state index in [1.165, 1.54) is 22.5 Å². The van der Waals surface area contributed by atoms with Crippen molar-refractivity contribution < 1.29 is 4.74 Å². The summed E-state index contributed by atoms with van der Waals surface area (Å²) >= 11 is 1.76. The van der Waals surface area contributed by atoms with Crippen molar-refractivity contribution in [3.8, 4) is 5.75 Å². The lowest BCUT2D eigenvalue weighted by Crippen LogP contribution is -2.15. The van der Waals surface area contributed by atoms with Crippen molar-refractivity contribution in [1.82, 2.24) is 10.3 Å². The second kappa shape index (κ2) is 5.24. The molecule has 3 nitrogen and oxygen atoms in total. The highest BCUT2D eigenvalue weighted by atomic mass is 32.1. The molecule has 1 aliphatic carbocycles. The highest BCUT2D eigenvalue weighted by Gasteiger charge is 2.20. The predicted octanol–water partition coefficient (Wildman–Crippen LogP) is 3.19. The van der Waals surface area contributed by atoms with Crippen LogP contribution in [-0.4, -0.2) is 18.1 Å². The highest BCUT2D eigenvalue weighted by molar-refractivity contribution is 7.18. The van der Waals surface area contributed by atoms with Crippen LogP contribution in [-0.2, 0) is 6.54 Å². The standard InChI is InChI=1S/C14H18N2OS/c1-2-17-11-5-6-12-13(7-11)18-14(16-12)9-15-8-10-3-4-10/h5-7,10,15H,2-4,8-9H2,1H3. The van der Waals surface area contributed by atoms with E-state index in [-0.39, 0.29) is 0 Å². The van der Waals surface area contributed by atoms with Crippen LogP contribution in [0.4, 0.5) is 0 Å². The number of rotatable bonds is 6. The van der Waals surface area contributed by atoms with Gasteiger partial charge in [-0.05, 0) is 50.4 Å². The molecular weight excluding hydrogens is 244 g/mol. The minimum atomic E-state index is 0.708. The summed E-state index contributed by atoms with van der Waals surface area (Å²) in [5.74, 6) is 1.86. The van der Waals surface area contributed by atoms with Crippen LogP contribution in [0.15, 0.2) is 18.2 Å². The molecule has 1 aliphatic rings. The number of nitrogens with zero attached hydrogens (tertiary/aromatic N) is 1. The second-order valence-corrected chi connectivity index (χ2v) is 5.86. The average Bonchev–Trinajstić information content (AvgIpc) is 3.08. The van der Waals surface area contributed by atoms with E-state index in [2.05, 4.69) is 16.4 Å². The Balaban J connectivity index is 1.68. The van der Waals surface area contributed by atoms with Crippen LogP contribution in [0.1, 0.15) is 24.8 Å². The Bertz CT molecular complexity index is 534. The molecule has 0 spiro atoms. The summed E-state index contributed by atoms with van der Waals surface area (Å²) in [4.78, 5) is 4.63. The van der Waals surface area contributed by atoms with Crippen molar-refractivity contribution in [2.45, 2.75) is 26.3 Å². The largest absolute Gasteiger partial charge is 0.494 e. The van der Waals surface area contributed by atoms with Gasteiger partial charge in [-0.15, -0.1) is 11.3 Å². The van der Waals surface area contributed by atoms with E-state index < -0.39 is 0 Å². The lowest BCUT2D eigenvalue weighted by Gasteiger charge is -2.00. The molecule has 4 heteroatoms. The molecular formula is C14H18N2OS. The SMILES string of the molecule is CCOc1ccc2nc(CNCC3CC3)sc2c1. The third kappa shape index (κ3) is 2.82. The van der Waals surface area contributed by atoms with Gasteiger partial charge in [-0.25, -0.2) is 4.98 Å². The first kappa shape index (κ1) is 11.9. The maximum absolute atomic E-state index is 5.51. The first-order valence-electron chi connectivity index (χ1n) is 6.58. The highest BCUT2D eigenvalue weighted by Crippen LogP contribution is 2.28. The molecule has 1 heterocycles. The molecule has 0 amide bonds. The Labute approximate surface area is 111 Å². The zero-order chi connectivity index (χ0) is 12.4. The number of aromatic nitrogens is 1. The van der Waals surface area contributed by atoms with Crippen LogP contribution in [0, 0.1) is 5.92 Å². The van der Waals surface area contributed by atoms with Gasteiger partial charge in [-0.1, -0.05) is 0 Å². The lowest BCUT2D eigenvalue weighted by atomic mass is 10.3. The Morgan fingerprint density at radius 1 is 1.44 bits per heavy atom. The number of thiazole rings is 1. The molecule has 2 aromatic rings. The van der Waals surface area contributed by atoms with Gasteiger partial charge < -0.3 is 10.1 Å². The smallest absolute Gasteiger partial charge is 0.120 e. The number of ether oxygens (including phenoxy) is 1. The zero-order valence-electron chi connectivity index (χ0n) is 10.6. The monoisotopic (exact) mass is 262 g/mol. The fourth-order valence-electron chi connectivity index (χ4n) is 1.99. The van der Waals surface area contributed by atoms with E-state index in [9.17, 15) is 0 Å². The Kier molecular flexibility index (Phi) is 3.48. The second-order valence-electron chi connectivity index (χ2n) is 4.74. The molecule has 0 unspecified atom stereocenters. The molecule has 18 heavy (non-hydrogen) atoms. The van der Waals surface area contributed by atoms with Crippen LogP contribution in [0.25, 0.3) is 10.2 Å². The average molecular weight is 262 g/mol. The zero-order valence-corrected chi connectivity index (χ0v) is 11.4. The molecule has 1 aromatic heterocycles. The van der Waals surface area contributed by atoms with Crippen LogP contribution in [0.5, 0.6) is 5.75 Å². The molecule has 0 saturated heterocycles. The molecule has 1 fully saturated rings. The first-order valence-corrected chi connectivity index (χ1v) is 7.40. The van der Waals surface area contributed by atoms with E-state index in [1.54, 1.807) is 11.3 Å². The van der Waals surface area contributed by atoms with Crippen molar-refractivity contribution in [2.75, 3.05) is 13.2 Å². The van der Waals surface area contributed by atoms with Crippen LogP contribution in [0.3, 0.4) is 0 Å². The maximum atomic E-state index is 5.51. The summed E-state index contributed by atoms with van der Waals surface area (Å²) in [7, 11) is 0. The lowest BCUT2D eigenvalue weighted by molar-refractivity contribution is 0.341. The summed E-state index contributed by atoms with van der Waals surface area (Å²) in [6, 6.07) is 6.12. The van der Waals surface area contributed by atoms with Gasteiger partial charge in [-0.2, -0.15) is 0 Å². The minimum absolute atomic E-state index is 0.708. The third-order valence-electron chi connectivity index (χ3n) is 3.12. The molecule has 1 N–H and O–H groups in total. The minimum Gasteiger partial charge on any atom is -0.494 e. The van der Waals surface area contributed by atoms with E-state index in [0.717, 1.165) is 30.3 Å². The third-order valence-corrected chi connectivity index (χ3v) is 4.14. The van der Waals surface area contributed by atoms with Crippen molar-refractivity contribution in [3.63, 3.8) is 0 Å². The van der Waals surface area contributed by atoms with Crippen molar-refractivity contribution in [2.24, 2.45) is 5.92 Å². The number of hydrogen-bond acceptors (Lipinski definition) is 4. The van der Waals surface area contributed by atoms with Crippen molar-refractivity contribution in [3.05, 3.63) is 23.2 Å². The van der Waals surface area contributed by atoms with Gasteiger partial charge >= 0.3 is 0 Å². The summed E-state index contributed by atoms with van der Waals surface area (Å²) in [6.07, 6.45) is 2.79. The van der Waals surface area contributed by atoms with Crippen LogP contribution < -0.4 is 10.1 Å². The summed E-state index contributed by atoms with van der Waals surface area (Å²) in [6.45, 7) is 4.74. The van der Waals surface area contributed by atoms with Gasteiger partial charge in [0.25, 0.3) is 0 Å². The van der Waals surface area contributed by atoms with Crippen molar-refractivity contribution in [1.29, 1.82) is 0 Å². The molecule has 0 radical (unpaired) electrons. The first-order chi connectivity index (χ1) is 8.85. The fourth-order valence-corrected chi connectivity index (χ4v) is 2.96. The van der Waals surface area contributed by atoms with Gasteiger partial charge in [0.05, 0.1) is 16.8 Å². The Morgan fingerprint density at radius 3 is 3.11 bits per heavy atom. The molecule has 96 valence electrons. The number of benzene rings is 1.